The van der Waals surface area contributed by atoms with E-state index in [2.05, 4.69) is 0 Å². The van der Waals surface area contributed by atoms with Crippen LogP contribution >= 0.6 is 11.6 Å². The van der Waals surface area contributed by atoms with Crippen LogP contribution < -0.4 is 9.47 Å². The lowest BCUT2D eigenvalue weighted by Crippen LogP contribution is -2.09. The van der Waals surface area contributed by atoms with Crippen molar-refractivity contribution in [3.63, 3.8) is 0 Å². The molecule has 0 radical (unpaired) electrons. The molecule has 1 aliphatic rings. The minimum atomic E-state index is -0.563. The van der Waals surface area contributed by atoms with Crippen molar-refractivity contribution in [1.29, 1.82) is 0 Å². The molecule has 0 saturated carbocycles. The minimum Gasteiger partial charge on any atom is -0.452 e. The van der Waals surface area contributed by atoms with E-state index in [1.54, 1.807) is 31.2 Å². The number of carbonyl (C=O) groups excluding carboxylic acids is 2. The van der Waals surface area contributed by atoms with E-state index in [1.807, 2.05) is 13.0 Å². The van der Waals surface area contributed by atoms with Crippen molar-refractivity contribution in [2.45, 2.75) is 13.8 Å². The van der Waals surface area contributed by atoms with E-state index in [0.29, 0.717) is 16.7 Å². The average Bonchev–Trinajstić information content (AvgIpc) is 3.00. The number of allylic oxidation sites excluding steroid dienone is 1. The SMILES string of the molecule is Cc1cccc(C(=O)Oc2cc(C)c3c(c2)O/C(=C\c2c(F)cccc2Cl)C3=O)c1. The van der Waals surface area contributed by atoms with Gasteiger partial charge in [-0.2, -0.15) is 0 Å². The average molecular weight is 423 g/mol. The van der Waals surface area contributed by atoms with E-state index in [0.717, 1.165) is 5.56 Å². The lowest BCUT2D eigenvalue weighted by Gasteiger charge is -2.08. The van der Waals surface area contributed by atoms with Crippen molar-refractivity contribution < 1.29 is 23.5 Å². The van der Waals surface area contributed by atoms with E-state index < -0.39 is 17.6 Å². The highest BCUT2D eigenvalue weighted by Crippen LogP contribution is 2.38. The number of ether oxygens (including phenoxy) is 2. The first-order chi connectivity index (χ1) is 14.3. The highest BCUT2D eigenvalue weighted by Gasteiger charge is 2.31. The summed E-state index contributed by atoms with van der Waals surface area (Å²) in [6.07, 6.45) is 1.28. The van der Waals surface area contributed by atoms with Crippen molar-refractivity contribution in [2.75, 3.05) is 0 Å². The van der Waals surface area contributed by atoms with Gasteiger partial charge in [0.1, 0.15) is 17.3 Å². The number of carbonyl (C=O) groups is 2. The molecule has 0 bridgehead atoms. The molecule has 0 N–H and O–H groups in total. The van der Waals surface area contributed by atoms with Crippen LogP contribution in [0.4, 0.5) is 4.39 Å². The van der Waals surface area contributed by atoms with Crippen LogP contribution in [-0.2, 0) is 0 Å². The quantitative estimate of drug-likeness (QED) is 0.298. The normalized spacial score (nSPS) is 13.9. The summed E-state index contributed by atoms with van der Waals surface area (Å²) in [7, 11) is 0. The van der Waals surface area contributed by atoms with Crippen LogP contribution in [-0.4, -0.2) is 11.8 Å². The summed E-state index contributed by atoms with van der Waals surface area (Å²) < 4.78 is 25.2. The Morgan fingerprint density at radius 1 is 1.10 bits per heavy atom. The molecule has 150 valence electrons. The molecule has 4 nitrogen and oxygen atoms in total. The number of aryl methyl sites for hydroxylation is 2. The fourth-order valence-corrected chi connectivity index (χ4v) is 3.47. The van der Waals surface area contributed by atoms with Gasteiger partial charge in [-0.05, 0) is 55.8 Å². The number of ketones is 1. The van der Waals surface area contributed by atoms with Crippen LogP contribution in [0.5, 0.6) is 11.5 Å². The fourth-order valence-electron chi connectivity index (χ4n) is 3.25. The molecule has 0 spiro atoms. The molecule has 4 rings (SSSR count). The van der Waals surface area contributed by atoms with Gasteiger partial charge in [-0.3, -0.25) is 4.79 Å². The summed E-state index contributed by atoms with van der Waals surface area (Å²) in [5, 5.41) is 0.166. The van der Waals surface area contributed by atoms with Crippen LogP contribution in [0.1, 0.15) is 37.4 Å². The van der Waals surface area contributed by atoms with Crippen molar-refractivity contribution in [3.8, 4) is 11.5 Å². The zero-order chi connectivity index (χ0) is 21.4. The van der Waals surface area contributed by atoms with Gasteiger partial charge in [-0.1, -0.05) is 35.4 Å². The molecule has 0 amide bonds. The van der Waals surface area contributed by atoms with Gasteiger partial charge in [0, 0.05) is 11.6 Å². The number of rotatable bonds is 3. The number of benzene rings is 3. The zero-order valence-electron chi connectivity index (χ0n) is 16.2. The first kappa shape index (κ1) is 19.9. The second-order valence-electron chi connectivity index (χ2n) is 6.95. The molecule has 0 unspecified atom stereocenters. The Morgan fingerprint density at radius 2 is 1.87 bits per heavy atom. The second-order valence-corrected chi connectivity index (χ2v) is 7.35. The third kappa shape index (κ3) is 3.72. The number of halogens is 2. The minimum absolute atomic E-state index is 0.0535. The molecule has 1 aliphatic heterocycles. The van der Waals surface area contributed by atoms with E-state index in [1.165, 1.54) is 30.3 Å². The Kier molecular flexibility index (Phi) is 5.14. The predicted molar refractivity (Wildman–Crippen MR) is 112 cm³/mol. The first-order valence-corrected chi connectivity index (χ1v) is 9.53. The van der Waals surface area contributed by atoms with Crippen LogP contribution in [0, 0.1) is 19.7 Å². The number of hydrogen-bond donors (Lipinski definition) is 0. The maximum atomic E-state index is 14.1. The van der Waals surface area contributed by atoms with Crippen LogP contribution in [0.15, 0.2) is 60.4 Å². The summed E-state index contributed by atoms with van der Waals surface area (Å²) in [5.74, 6) is -1.04. The molecule has 0 saturated heterocycles. The third-order valence-electron chi connectivity index (χ3n) is 4.68. The maximum Gasteiger partial charge on any atom is 0.343 e. The predicted octanol–water partition coefficient (Wildman–Crippen LogP) is 5.93. The Labute approximate surface area is 177 Å². The van der Waals surface area contributed by atoms with E-state index in [4.69, 9.17) is 21.1 Å². The van der Waals surface area contributed by atoms with Gasteiger partial charge in [-0.15, -0.1) is 0 Å². The first-order valence-electron chi connectivity index (χ1n) is 9.15. The Morgan fingerprint density at radius 3 is 2.60 bits per heavy atom. The summed E-state index contributed by atoms with van der Waals surface area (Å²) in [5.41, 5.74) is 2.33. The zero-order valence-corrected chi connectivity index (χ0v) is 16.9. The smallest absolute Gasteiger partial charge is 0.343 e. The van der Waals surface area contributed by atoms with Gasteiger partial charge in [0.05, 0.1) is 16.1 Å². The molecule has 0 fully saturated rings. The Bertz CT molecular complexity index is 1210. The molecular formula is C24H16ClFO4. The van der Waals surface area contributed by atoms with Gasteiger partial charge in [0.15, 0.2) is 5.76 Å². The van der Waals surface area contributed by atoms with E-state index in [-0.39, 0.29) is 27.8 Å². The third-order valence-corrected chi connectivity index (χ3v) is 5.01. The largest absolute Gasteiger partial charge is 0.452 e. The van der Waals surface area contributed by atoms with Crippen molar-refractivity contribution in [3.05, 3.63) is 99.0 Å². The van der Waals surface area contributed by atoms with Crippen LogP contribution in [0.2, 0.25) is 5.02 Å². The molecule has 0 atom stereocenters. The number of hydrogen-bond acceptors (Lipinski definition) is 4. The topological polar surface area (TPSA) is 52.6 Å². The molecule has 30 heavy (non-hydrogen) atoms. The number of fused-ring (bicyclic) bond motifs is 1. The highest BCUT2D eigenvalue weighted by molar-refractivity contribution is 6.32. The Hall–Kier alpha value is -3.44. The maximum absolute atomic E-state index is 14.1. The molecule has 0 aliphatic carbocycles. The molecular weight excluding hydrogens is 407 g/mol. The summed E-state index contributed by atoms with van der Waals surface area (Å²) in [6, 6.07) is 14.3. The van der Waals surface area contributed by atoms with E-state index in [9.17, 15) is 14.0 Å². The van der Waals surface area contributed by atoms with Gasteiger partial charge in [0.25, 0.3) is 0 Å². The van der Waals surface area contributed by atoms with Crippen molar-refractivity contribution in [1.82, 2.24) is 0 Å². The highest BCUT2D eigenvalue weighted by atomic mass is 35.5. The number of Topliss-reactive ketones (excluding diaryl/α,β-unsaturated/α-hetero) is 1. The van der Waals surface area contributed by atoms with Gasteiger partial charge >= 0.3 is 5.97 Å². The van der Waals surface area contributed by atoms with Gasteiger partial charge in [-0.25, -0.2) is 9.18 Å². The van der Waals surface area contributed by atoms with Crippen molar-refractivity contribution in [2.24, 2.45) is 0 Å². The van der Waals surface area contributed by atoms with Gasteiger partial charge in [0.2, 0.25) is 5.78 Å². The second kappa shape index (κ2) is 7.76. The monoisotopic (exact) mass is 422 g/mol. The molecule has 1 heterocycles. The van der Waals surface area contributed by atoms with E-state index >= 15 is 0 Å². The van der Waals surface area contributed by atoms with Crippen LogP contribution in [0.25, 0.3) is 6.08 Å². The molecule has 6 heteroatoms. The summed E-state index contributed by atoms with van der Waals surface area (Å²) in [6.45, 7) is 3.59. The fraction of sp³-hybridized carbons (Fsp3) is 0.0833. The van der Waals surface area contributed by atoms with Crippen molar-refractivity contribution >= 4 is 29.4 Å². The van der Waals surface area contributed by atoms with Crippen LogP contribution in [0.3, 0.4) is 0 Å². The van der Waals surface area contributed by atoms with Gasteiger partial charge < -0.3 is 9.47 Å². The Balaban J connectivity index is 1.64. The molecule has 3 aromatic rings. The lowest BCUT2D eigenvalue weighted by molar-refractivity contribution is 0.0734. The lowest BCUT2D eigenvalue weighted by atomic mass is 10.0. The molecule has 0 aromatic heterocycles. The standard InChI is InChI=1S/C24H16ClFO4/c1-13-5-3-6-15(9-13)24(28)29-16-10-14(2)22-20(11-16)30-21(23(22)27)12-17-18(25)7-4-8-19(17)26/h3-12H,1-2H3/b21-12-. The molecule has 3 aromatic carbocycles. The number of esters is 1. The summed E-state index contributed by atoms with van der Waals surface area (Å²) >= 11 is 6.04. The summed E-state index contributed by atoms with van der Waals surface area (Å²) in [4.78, 5) is 25.2.